The maximum atomic E-state index is 12.3. The van der Waals surface area contributed by atoms with E-state index in [-0.39, 0.29) is 6.61 Å². The number of nitrogens with zero attached hydrogens (tertiary/aromatic N) is 3. The summed E-state index contributed by atoms with van der Waals surface area (Å²) in [7, 11) is 0. The maximum Gasteiger partial charge on any atom is 0.338 e. The molecule has 156 valence electrons. The second-order valence-corrected chi connectivity index (χ2v) is 7.95. The molecule has 4 rings (SSSR count). The molecule has 1 N–H and O–H groups in total. The van der Waals surface area contributed by atoms with Gasteiger partial charge in [0.2, 0.25) is 0 Å². The van der Waals surface area contributed by atoms with Crippen molar-refractivity contribution < 1.29 is 14.3 Å². The third kappa shape index (κ3) is 4.87. The molecule has 1 amide bonds. The summed E-state index contributed by atoms with van der Waals surface area (Å²) in [5.74, 6) is -0.977. The largest absolute Gasteiger partial charge is 0.452 e. The van der Waals surface area contributed by atoms with Gasteiger partial charge in [0.25, 0.3) is 5.91 Å². The Labute approximate surface area is 183 Å². The van der Waals surface area contributed by atoms with Crippen LogP contribution < -0.4 is 5.32 Å². The second kappa shape index (κ2) is 8.93. The van der Waals surface area contributed by atoms with Crippen LogP contribution in [-0.4, -0.2) is 33.2 Å². The number of carbonyl (C=O) groups excluding carboxylic acids is 2. The molecule has 0 aliphatic rings. The highest BCUT2D eigenvalue weighted by Gasteiger charge is 2.12. The average molecular weight is 433 g/mol. The summed E-state index contributed by atoms with van der Waals surface area (Å²) in [5, 5.41) is 9.92. The first kappa shape index (κ1) is 20.5. The normalized spacial score (nSPS) is 10.6. The number of ether oxygens (including phenoxy) is 1. The maximum absolute atomic E-state index is 12.3. The van der Waals surface area contributed by atoms with Crippen LogP contribution in [0.15, 0.2) is 66.2 Å². The van der Waals surface area contributed by atoms with Gasteiger partial charge in [-0.15, -0.1) is 11.3 Å². The van der Waals surface area contributed by atoms with Crippen molar-refractivity contribution >= 4 is 28.9 Å². The highest BCUT2D eigenvalue weighted by molar-refractivity contribution is 7.09. The van der Waals surface area contributed by atoms with E-state index in [0.29, 0.717) is 11.3 Å². The number of hydrogen-bond donors (Lipinski definition) is 1. The van der Waals surface area contributed by atoms with E-state index < -0.39 is 11.9 Å². The molecule has 31 heavy (non-hydrogen) atoms. The molecule has 2 heterocycles. The molecular weight excluding hydrogens is 412 g/mol. The number of aromatic nitrogens is 3. The summed E-state index contributed by atoms with van der Waals surface area (Å²) in [6, 6.07) is 16.1. The highest BCUT2D eigenvalue weighted by atomic mass is 32.1. The lowest BCUT2D eigenvalue weighted by Gasteiger charge is -2.09. The molecule has 0 saturated carbocycles. The van der Waals surface area contributed by atoms with Crippen LogP contribution in [0.4, 0.5) is 5.69 Å². The van der Waals surface area contributed by atoms with E-state index in [1.165, 1.54) is 0 Å². The topological polar surface area (TPSA) is 86.1 Å². The lowest BCUT2D eigenvalue weighted by Crippen LogP contribution is -2.21. The van der Waals surface area contributed by atoms with Crippen molar-refractivity contribution in [3.8, 4) is 16.9 Å². The van der Waals surface area contributed by atoms with Crippen molar-refractivity contribution in [3.63, 3.8) is 0 Å². The van der Waals surface area contributed by atoms with E-state index in [2.05, 4.69) is 15.4 Å². The van der Waals surface area contributed by atoms with Crippen molar-refractivity contribution in [2.45, 2.75) is 13.8 Å². The Kier molecular flexibility index (Phi) is 5.90. The predicted molar refractivity (Wildman–Crippen MR) is 120 cm³/mol. The van der Waals surface area contributed by atoms with Crippen LogP contribution in [0.2, 0.25) is 0 Å². The fourth-order valence-corrected chi connectivity index (χ4v) is 3.66. The first-order chi connectivity index (χ1) is 15.0. The van der Waals surface area contributed by atoms with Crippen LogP contribution in [0.25, 0.3) is 16.9 Å². The Hall–Kier alpha value is -3.78. The smallest absolute Gasteiger partial charge is 0.338 e. The molecule has 0 atom stereocenters. The highest BCUT2D eigenvalue weighted by Crippen LogP contribution is 2.24. The monoisotopic (exact) mass is 432 g/mol. The van der Waals surface area contributed by atoms with E-state index >= 15 is 0 Å². The molecule has 0 aliphatic carbocycles. The Balaban J connectivity index is 1.33. The number of carbonyl (C=O) groups is 2. The van der Waals surface area contributed by atoms with Crippen molar-refractivity contribution in [3.05, 3.63) is 82.4 Å². The molecule has 0 saturated heterocycles. The summed E-state index contributed by atoms with van der Waals surface area (Å²) in [6.07, 6.45) is 1.71. The number of aryl methyl sites for hydroxylation is 2. The van der Waals surface area contributed by atoms with E-state index in [1.54, 1.807) is 52.5 Å². The van der Waals surface area contributed by atoms with Crippen LogP contribution in [0.5, 0.6) is 0 Å². The van der Waals surface area contributed by atoms with Gasteiger partial charge in [0.15, 0.2) is 6.61 Å². The molecule has 8 heteroatoms. The van der Waals surface area contributed by atoms with Crippen molar-refractivity contribution in [2.75, 3.05) is 11.9 Å². The Morgan fingerprint density at radius 1 is 1.10 bits per heavy atom. The number of thiazole rings is 1. The van der Waals surface area contributed by atoms with Gasteiger partial charge in [-0.05, 0) is 56.3 Å². The first-order valence-corrected chi connectivity index (χ1v) is 10.5. The predicted octanol–water partition coefficient (Wildman–Crippen LogP) is 4.41. The van der Waals surface area contributed by atoms with Crippen LogP contribution in [0.1, 0.15) is 21.1 Å². The molecule has 0 unspecified atom stereocenters. The minimum Gasteiger partial charge on any atom is -0.452 e. The molecule has 0 spiro atoms. The van der Waals surface area contributed by atoms with E-state index in [0.717, 1.165) is 27.6 Å². The zero-order valence-electron chi connectivity index (χ0n) is 17.0. The number of rotatable bonds is 6. The molecule has 0 aliphatic heterocycles. The van der Waals surface area contributed by atoms with Gasteiger partial charge in [-0.1, -0.05) is 12.1 Å². The minimum atomic E-state index is -0.564. The number of benzene rings is 2. The zero-order chi connectivity index (χ0) is 21.8. The third-order valence-electron chi connectivity index (χ3n) is 4.58. The molecule has 2 aromatic heterocycles. The van der Waals surface area contributed by atoms with Crippen molar-refractivity contribution in [2.24, 2.45) is 0 Å². The zero-order valence-corrected chi connectivity index (χ0v) is 17.8. The molecular formula is C23H20N4O3S. The van der Waals surface area contributed by atoms with E-state index in [4.69, 9.17) is 4.74 Å². The number of amides is 1. The van der Waals surface area contributed by atoms with Gasteiger partial charge in [-0.25, -0.2) is 14.5 Å². The summed E-state index contributed by atoms with van der Waals surface area (Å²) >= 11 is 1.57. The quantitative estimate of drug-likeness (QED) is 0.456. The lowest BCUT2D eigenvalue weighted by molar-refractivity contribution is -0.119. The van der Waals surface area contributed by atoms with Gasteiger partial charge in [-0.3, -0.25) is 4.79 Å². The van der Waals surface area contributed by atoms with Gasteiger partial charge in [0.05, 0.1) is 22.0 Å². The average Bonchev–Trinajstić information content (AvgIpc) is 3.40. The van der Waals surface area contributed by atoms with Crippen LogP contribution in [0.3, 0.4) is 0 Å². The summed E-state index contributed by atoms with van der Waals surface area (Å²) < 4.78 is 6.92. The second-order valence-electron chi connectivity index (χ2n) is 6.89. The molecule has 0 radical (unpaired) electrons. The molecule has 4 aromatic rings. The lowest BCUT2D eigenvalue weighted by atomic mass is 10.1. The van der Waals surface area contributed by atoms with Gasteiger partial charge >= 0.3 is 5.97 Å². The van der Waals surface area contributed by atoms with Crippen LogP contribution in [-0.2, 0) is 9.53 Å². The van der Waals surface area contributed by atoms with Gasteiger partial charge < -0.3 is 10.1 Å². The Bertz CT molecular complexity index is 1230. The first-order valence-electron chi connectivity index (χ1n) is 9.60. The SMILES string of the molecule is Cc1nc(-c2cccc(NC(=O)COC(=O)c3ccc(-n4nccc4C)cc3)c2)cs1. The van der Waals surface area contributed by atoms with Gasteiger partial charge in [0.1, 0.15) is 0 Å². The standard InChI is InChI=1S/C23H20N4O3S/c1-15-10-11-24-27(15)20-8-6-17(7-9-20)23(29)30-13-22(28)26-19-5-3-4-18(12-19)21-14-31-16(2)25-21/h3-12,14H,13H2,1-2H3,(H,26,28). The fraction of sp³-hybridized carbons (Fsp3) is 0.130. The van der Waals surface area contributed by atoms with E-state index in [1.807, 2.05) is 43.5 Å². The number of hydrogen-bond acceptors (Lipinski definition) is 6. The van der Waals surface area contributed by atoms with Crippen LogP contribution in [0, 0.1) is 13.8 Å². The summed E-state index contributed by atoms with van der Waals surface area (Å²) in [5.41, 5.74) is 4.57. The molecule has 2 aromatic carbocycles. The van der Waals surface area contributed by atoms with Crippen molar-refractivity contribution in [1.29, 1.82) is 0 Å². The number of esters is 1. The molecule has 7 nitrogen and oxygen atoms in total. The molecule has 0 bridgehead atoms. The molecule has 0 fully saturated rings. The summed E-state index contributed by atoms with van der Waals surface area (Å²) in [4.78, 5) is 29.0. The Morgan fingerprint density at radius 2 is 1.90 bits per heavy atom. The summed E-state index contributed by atoms with van der Waals surface area (Å²) in [6.45, 7) is 3.51. The van der Waals surface area contributed by atoms with Gasteiger partial charge in [-0.2, -0.15) is 5.10 Å². The van der Waals surface area contributed by atoms with E-state index in [9.17, 15) is 9.59 Å². The van der Waals surface area contributed by atoms with Gasteiger partial charge in [0, 0.05) is 28.5 Å². The third-order valence-corrected chi connectivity index (χ3v) is 5.35. The minimum absolute atomic E-state index is 0.363. The fourth-order valence-electron chi connectivity index (χ4n) is 3.04. The van der Waals surface area contributed by atoms with Crippen molar-refractivity contribution in [1.82, 2.24) is 14.8 Å². The van der Waals surface area contributed by atoms with Crippen LogP contribution >= 0.6 is 11.3 Å². The number of nitrogens with one attached hydrogen (secondary N) is 1. The number of anilines is 1. The Morgan fingerprint density at radius 3 is 2.58 bits per heavy atom.